The van der Waals surface area contributed by atoms with E-state index in [9.17, 15) is 27.9 Å². The van der Waals surface area contributed by atoms with Gasteiger partial charge in [0.2, 0.25) is 0 Å². The fraction of sp³-hybridized carbons (Fsp3) is 0.160. The number of ether oxygens (including phenoxy) is 1. The minimum atomic E-state index is -4.53. The zero-order valence-corrected chi connectivity index (χ0v) is 18.4. The first kappa shape index (κ1) is 23.2. The molecule has 0 aliphatic carbocycles. The summed E-state index contributed by atoms with van der Waals surface area (Å²) < 4.78 is 46.6. The van der Waals surface area contributed by atoms with E-state index in [0.29, 0.717) is 16.8 Å². The van der Waals surface area contributed by atoms with Crippen LogP contribution in [-0.2, 0) is 11.0 Å². The number of hydrogen-bond donors (Lipinski definition) is 3. The van der Waals surface area contributed by atoms with Crippen LogP contribution in [0.15, 0.2) is 65.6 Å². The summed E-state index contributed by atoms with van der Waals surface area (Å²) >= 11 is 0. The van der Waals surface area contributed by atoms with Crippen molar-refractivity contribution in [1.82, 2.24) is 9.55 Å². The first-order valence-electron chi connectivity index (χ1n) is 10.8. The molecule has 1 aliphatic heterocycles. The van der Waals surface area contributed by atoms with Gasteiger partial charge in [-0.15, -0.1) is 0 Å². The van der Waals surface area contributed by atoms with Crippen molar-refractivity contribution in [2.45, 2.75) is 12.2 Å². The summed E-state index contributed by atoms with van der Waals surface area (Å²) in [5.41, 5.74) is -0.225. The average Bonchev–Trinajstić information content (AvgIpc) is 2.86. The normalized spacial score (nSPS) is 14.9. The van der Waals surface area contributed by atoms with Gasteiger partial charge in [0, 0.05) is 17.1 Å². The van der Waals surface area contributed by atoms with Crippen LogP contribution in [0.5, 0.6) is 11.5 Å². The zero-order chi connectivity index (χ0) is 25.6. The van der Waals surface area contributed by atoms with Crippen molar-refractivity contribution in [2.24, 2.45) is 0 Å². The summed E-state index contributed by atoms with van der Waals surface area (Å²) in [6.07, 6.45) is -2.94. The first-order chi connectivity index (χ1) is 17.2. The summed E-state index contributed by atoms with van der Waals surface area (Å²) in [5.74, 6) is -1.44. The summed E-state index contributed by atoms with van der Waals surface area (Å²) in [6.45, 7) is -0.727. The molecule has 1 unspecified atom stereocenters. The highest BCUT2D eigenvalue weighted by atomic mass is 19.4. The average molecular weight is 497 g/mol. The standard InChI is InChI=1S/C25H18F3N3O5/c26-25(27,28)14-6-4-13(5-7-14)18-12-36-23-15(17-3-1-2-10-29-17)8-9-16-21(23)31(18)24(35)20(22(16)34)30-11-19(32)33/h1-10,18,30,34H,11-12H2,(H,32,33). The summed E-state index contributed by atoms with van der Waals surface area (Å²) in [7, 11) is 0. The van der Waals surface area contributed by atoms with Gasteiger partial charge in [0.25, 0.3) is 5.56 Å². The second-order valence-electron chi connectivity index (χ2n) is 8.15. The number of hydrogen-bond acceptors (Lipinski definition) is 6. The molecule has 36 heavy (non-hydrogen) atoms. The number of halogens is 3. The monoisotopic (exact) mass is 497 g/mol. The zero-order valence-electron chi connectivity index (χ0n) is 18.4. The third kappa shape index (κ3) is 3.88. The van der Waals surface area contributed by atoms with Gasteiger partial charge in [-0.3, -0.25) is 19.1 Å². The number of nitrogens with one attached hydrogen (secondary N) is 1. The van der Waals surface area contributed by atoms with Crippen LogP contribution in [0.2, 0.25) is 0 Å². The number of aromatic nitrogens is 2. The maximum atomic E-state index is 13.6. The fourth-order valence-corrected chi connectivity index (χ4v) is 4.33. The van der Waals surface area contributed by atoms with E-state index in [0.717, 1.165) is 12.1 Å². The first-order valence-corrected chi connectivity index (χ1v) is 10.8. The van der Waals surface area contributed by atoms with E-state index < -0.39 is 41.6 Å². The number of carboxylic acid groups (broad SMARTS) is 1. The molecule has 2 aromatic carbocycles. The second-order valence-corrected chi connectivity index (χ2v) is 8.15. The van der Waals surface area contributed by atoms with Crippen molar-refractivity contribution in [3.63, 3.8) is 0 Å². The summed E-state index contributed by atoms with van der Waals surface area (Å²) in [4.78, 5) is 29.0. The van der Waals surface area contributed by atoms with Gasteiger partial charge in [-0.1, -0.05) is 18.2 Å². The molecule has 0 fully saturated rings. The van der Waals surface area contributed by atoms with Gasteiger partial charge < -0.3 is 20.3 Å². The molecule has 8 nitrogen and oxygen atoms in total. The number of aromatic hydroxyl groups is 1. The number of anilines is 1. The molecule has 0 amide bonds. The molecule has 1 atom stereocenters. The number of carbonyl (C=O) groups is 1. The lowest BCUT2D eigenvalue weighted by Crippen LogP contribution is -2.35. The Morgan fingerprint density at radius 3 is 2.53 bits per heavy atom. The van der Waals surface area contributed by atoms with Crippen LogP contribution in [0.3, 0.4) is 0 Å². The van der Waals surface area contributed by atoms with E-state index in [1.807, 2.05) is 0 Å². The Hall–Kier alpha value is -4.54. The molecule has 184 valence electrons. The molecule has 2 aromatic heterocycles. The highest BCUT2D eigenvalue weighted by Crippen LogP contribution is 2.44. The van der Waals surface area contributed by atoms with Crippen LogP contribution in [0.25, 0.3) is 22.2 Å². The molecule has 0 spiro atoms. The van der Waals surface area contributed by atoms with Crippen molar-refractivity contribution in [3.05, 3.63) is 82.3 Å². The van der Waals surface area contributed by atoms with Gasteiger partial charge >= 0.3 is 12.1 Å². The summed E-state index contributed by atoms with van der Waals surface area (Å²) in [5, 5.41) is 22.6. The largest absolute Gasteiger partial charge is 0.505 e. The van der Waals surface area contributed by atoms with E-state index in [1.165, 1.54) is 16.7 Å². The van der Waals surface area contributed by atoms with E-state index in [2.05, 4.69) is 10.3 Å². The maximum Gasteiger partial charge on any atom is 0.416 e. The third-order valence-electron chi connectivity index (χ3n) is 5.97. The molecule has 4 aromatic rings. The Kier molecular flexibility index (Phi) is 5.54. The highest BCUT2D eigenvalue weighted by molar-refractivity contribution is 5.99. The van der Waals surface area contributed by atoms with Gasteiger partial charge in [-0.2, -0.15) is 13.2 Å². The molecule has 0 radical (unpaired) electrons. The Morgan fingerprint density at radius 2 is 1.89 bits per heavy atom. The van der Waals surface area contributed by atoms with Crippen LogP contribution < -0.4 is 15.6 Å². The third-order valence-corrected chi connectivity index (χ3v) is 5.97. The van der Waals surface area contributed by atoms with Crippen LogP contribution in [0.1, 0.15) is 17.2 Å². The summed E-state index contributed by atoms with van der Waals surface area (Å²) in [6, 6.07) is 12.0. The van der Waals surface area contributed by atoms with Crippen molar-refractivity contribution in [1.29, 1.82) is 0 Å². The number of alkyl halides is 3. The minimum absolute atomic E-state index is 0.0969. The molecule has 0 saturated carbocycles. The van der Waals surface area contributed by atoms with Gasteiger partial charge in [-0.05, 0) is 42.0 Å². The molecule has 0 bridgehead atoms. The topological polar surface area (TPSA) is 114 Å². The van der Waals surface area contributed by atoms with Crippen molar-refractivity contribution in [3.8, 4) is 22.8 Å². The molecule has 1 aliphatic rings. The van der Waals surface area contributed by atoms with Crippen LogP contribution in [0.4, 0.5) is 18.9 Å². The molecular weight excluding hydrogens is 479 g/mol. The lowest BCUT2D eigenvalue weighted by Gasteiger charge is -2.31. The second kappa shape index (κ2) is 8.59. The Bertz CT molecular complexity index is 1530. The molecule has 5 rings (SSSR count). The van der Waals surface area contributed by atoms with E-state index >= 15 is 0 Å². The highest BCUT2D eigenvalue weighted by Gasteiger charge is 2.33. The Balaban J connectivity index is 1.77. The number of rotatable bonds is 5. The van der Waals surface area contributed by atoms with Crippen LogP contribution >= 0.6 is 0 Å². The Labute approximate surface area is 201 Å². The van der Waals surface area contributed by atoms with Crippen molar-refractivity contribution < 1.29 is 32.9 Å². The quantitative estimate of drug-likeness (QED) is 0.378. The maximum absolute atomic E-state index is 13.6. The molecule has 0 saturated heterocycles. The Morgan fingerprint density at radius 1 is 1.14 bits per heavy atom. The minimum Gasteiger partial charge on any atom is -0.505 e. The SMILES string of the molecule is O=C(O)CNc1c(O)c2ccc(-c3ccccn3)c3c2n(c1=O)C(c1ccc(C(F)(F)F)cc1)CO3. The van der Waals surface area contributed by atoms with Gasteiger partial charge in [0.05, 0.1) is 22.8 Å². The van der Waals surface area contributed by atoms with E-state index in [1.54, 1.807) is 36.5 Å². The predicted molar refractivity (Wildman–Crippen MR) is 124 cm³/mol. The number of nitrogens with zero attached hydrogens (tertiary/aromatic N) is 2. The fourth-order valence-electron chi connectivity index (χ4n) is 4.33. The predicted octanol–water partition coefficient (Wildman–Crippen LogP) is 4.27. The molecule has 3 heterocycles. The number of pyridine rings is 2. The lowest BCUT2D eigenvalue weighted by atomic mass is 9.99. The molecule has 3 N–H and O–H groups in total. The number of benzene rings is 2. The van der Waals surface area contributed by atoms with Crippen molar-refractivity contribution >= 4 is 22.6 Å². The van der Waals surface area contributed by atoms with E-state index in [-0.39, 0.29) is 28.9 Å². The number of aliphatic carboxylic acids is 1. The van der Waals surface area contributed by atoms with E-state index in [4.69, 9.17) is 9.84 Å². The smallest absolute Gasteiger partial charge is 0.416 e. The van der Waals surface area contributed by atoms with Gasteiger partial charge in [-0.25, -0.2) is 0 Å². The van der Waals surface area contributed by atoms with Crippen LogP contribution in [0, 0.1) is 0 Å². The van der Waals surface area contributed by atoms with Gasteiger partial charge in [0.15, 0.2) is 11.5 Å². The van der Waals surface area contributed by atoms with Crippen molar-refractivity contribution in [2.75, 3.05) is 18.5 Å². The van der Waals surface area contributed by atoms with Gasteiger partial charge in [0.1, 0.15) is 18.8 Å². The number of carboxylic acids is 1. The lowest BCUT2D eigenvalue weighted by molar-refractivity contribution is -0.137. The molecular formula is C25H18F3N3O5. The van der Waals surface area contributed by atoms with Crippen LogP contribution in [-0.4, -0.2) is 38.9 Å². The molecule has 11 heteroatoms.